The van der Waals surface area contributed by atoms with Gasteiger partial charge in [0.1, 0.15) is 0 Å². The van der Waals surface area contributed by atoms with Crippen LogP contribution < -0.4 is 9.47 Å². The predicted octanol–water partition coefficient (Wildman–Crippen LogP) is 1.52. The molecule has 1 rings (SSSR count). The van der Waals surface area contributed by atoms with Gasteiger partial charge >= 0.3 is 12.2 Å². The third-order valence-corrected chi connectivity index (χ3v) is 2.23. The second-order valence-electron chi connectivity index (χ2n) is 4.29. The third kappa shape index (κ3) is 5.74. The number of phenols is 1. The van der Waals surface area contributed by atoms with Crippen LogP contribution in [0.1, 0.15) is 17.3 Å². The van der Waals surface area contributed by atoms with Crippen molar-refractivity contribution in [3.05, 3.63) is 17.7 Å². The molecule has 0 aliphatic carbocycles. The number of alkyl halides is 4. The molecule has 6 nitrogen and oxygen atoms in total. The minimum absolute atomic E-state index is 0.170. The molecule has 0 saturated carbocycles. The number of phenolic OH excluding ortho intramolecular Hbond substituents is 1. The summed E-state index contributed by atoms with van der Waals surface area (Å²) in [6.07, 6.45) is -8.48. The largest absolute Gasteiger partial charge is 0.504 e. The van der Waals surface area contributed by atoms with E-state index in [1.165, 1.54) is 0 Å². The first-order valence-corrected chi connectivity index (χ1v) is 5.73. The van der Waals surface area contributed by atoms with Crippen LogP contribution in [-0.4, -0.2) is 46.5 Å². The van der Waals surface area contributed by atoms with Crippen molar-refractivity contribution in [3.63, 3.8) is 0 Å². The highest BCUT2D eigenvalue weighted by Gasteiger charge is 2.29. The summed E-state index contributed by atoms with van der Waals surface area (Å²) in [5.41, 5.74) is -0.170. The van der Waals surface area contributed by atoms with Gasteiger partial charge in [-0.2, -0.15) is 17.6 Å². The van der Waals surface area contributed by atoms with Gasteiger partial charge in [0.15, 0.2) is 30.5 Å². The van der Waals surface area contributed by atoms with Crippen LogP contribution >= 0.6 is 0 Å². The molecule has 0 fully saturated rings. The number of halogens is 4. The van der Waals surface area contributed by atoms with Gasteiger partial charge in [0.25, 0.3) is 0 Å². The molecule has 124 valence electrons. The molecule has 0 spiro atoms. The molecule has 0 saturated heterocycles. The molecule has 1 aromatic rings. The maximum absolute atomic E-state index is 12.4. The molecule has 0 atom stereocenters. The zero-order valence-electron chi connectivity index (χ0n) is 11.1. The molecule has 0 amide bonds. The number of ketones is 1. The second-order valence-corrected chi connectivity index (χ2v) is 4.29. The molecule has 0 unspecified atom stereocenters. The van der Waals surface area contributed by atoms with E-state index in [2.05, 4.69) is 9.47 Å². The fourth-order valence-corrected chi connectivity index (χ4v) is 1.37. The Labute approximate surface area is 121 Å². The fourth-order valence-electron chi connectivity index (χ4n) is 1.37. The Morgan fingerprint density at radius 1 is 1.09 bits per heavy atom. The first-order chi connectivity index (χ1) is 9.89. The average Bonchev–Trinajstić information content (AvgIpc) is 2.32. The van der Waals surface area contributed by atoms with Gasteiger partial charge in [-0.3, -0.25) is 4.79 Å². The lowest BCUT2D eigenvalue weighted by Gasteiger charge is -2.18. The number of Topliss-reactive ketones (excluding diaryl/α,β-unsaturated/α-hetero) is 1. The highest BCUT2D eigenvalue weighted by Crippen LogP contribution is 2.39. The summed E-state index contributed by atoms with van der Waals surface area (Å²) < 4.78 is 58.3. The Morgan fingerprint density at radius 3 is 2.05 bits per heavy atom. The molecule has 22 heavy (non-hydrogen) atoms. The number of carbonyl (C=O) groups excluding carboxylic acids is 1. The highest BCUT2D eigenvalue weighted by atomic mass is 19.3. The molecule has 3 N–H and O–H groups in total. The van der Waals surface area contributed by atoms with Crippen LogP contribution in [0.25, 0.3) is 0 Å². The second kappa shape index (κ2) is 6.36. The summed E-state index contributed by atoms with van der Waals surface area (Å²) >= 11 is 0. The topological polar surface area (TPSA) is 96.2 Å². The zero-order chi connectivity index (χ0) is 17.1. The lowest BCUT2D eigenvalue weighted by atomic mass is 10.1. The Morgan fingerprint density at radius 2 is 1.59 bits per heavy atom. The van der Waals surface area contributed by atoms with E-state index in [-0.39, 0.29) is 5.56 Å². The minimum Gasteiger partial charge on any atom is -0.504 e. The molecule has 1 aromatic carbocycles. The maximum atomic E-state index is 12.4. The van der Waals surface area contributed by atoms with Gasteiger partial charge in [-0.25, -0.2) is 0 Å². The third-order valence-electron chi connectivity index (χ3n) is 2.23. The van der Waals surface area contributed by atoms with Gasteiger partial charge in [0.05, 0.1) is 0 Å². The number of ether oxygens (including phenoxy) is 2. The molecule has 0 aliphatic rings. The number of aromatic hydroxyl groups is 1. The van der Waals surface area contributed by atoms with Crippen molar-refractivity contribution >= 4 is 5.78 Å². The van der Waals surface area contributed by atoms with Crippen molar-refractivity contribution in [1.29, 1.82) is 0 Å². The molecular weight excluding hydrogens is 316 g/mol. The summed E-state index contributed by atoms with van der Waals surface area (Å²) in [4.78, 5) is 11.2. The van der Waals surface area contributed by atoms with E-state index in [1.54, 1.807) is 0 Å². The monoisotopic (exact) mass is 328 g/mol. The van der Waals surface area contributed by atoms with Gasteiger partial charge in [-0.1, -0.05) is 0 Å². The Balaban J connectivity index is 3.13. The van der Waals surface area contributed by atoms with E-state index in [1.807, 2.05) is 0 Å². The van der Waals surface area contributed by atoms with Crippen molar-refractivity contribution in [2.24, 2.45) is 0 Å². The number of benzene rings is 1. The van der Waals surface area contributed by atoms with E-state index in [0.717, 1.165) is 19.1 Å². The molecule has 0 aromatic heterocycles. The number of carbonyl (C=O) groups is 1. The van der Waals surface area contributed by atoms with E-state index in [0.29, 0.717) is 0 Å². The summed E-state index contributed by atoms with van der Waals surface area (Å²) in [6.45, 7) is -2.06. The van der Waals surface area contributed by atoms with Gasteiger partial charge in [-0.15, -0.1) is 0 Å². The van der Waals surface area contributed by atoms with Crippen LogP contribution in [0.5, 0.6) is 17.2 Å². The lowest BCUT2D eigenvalue weighted by molar-refractivity contribution is -0.220. The molecule has 0 heterocycles. The van der Waals surface area contributed by atoms with E-state index in [4.69, 9.17) is 10.2 Å². The van der Waals surface area contributed by atoms with Crippen molar-refractivity contribution in [3.8, 4) is 17.2 Å². The van der Waals surface area contributed by atoms with Crippen molar-refractivity contribution in [1.82, 2.24) is 0 Å². The molecular formula is C12H12F4O6. The fraction of sp³-hybridized carbons (Fsp3) is 0.417. The average molecular weight is 328 g/mol. The lowest BCUT2D eigenvalue weighted by Crippen LogP contribution is -2.26. The van der Waals surface area contributed by atoms with Crippen LogP contribution in [0.15, 0.2) is 12.1 Å². The van der Waals surface area contributed by atoms with Gasteiger partial charge in [-0.05, 0) is 19.1 Å². The summed E-state index contributed by atoms with van der Waals surface area (Å²) in [5.74, 6) is -2.88. The van der Waals surface area contributed by atoms with Crippen LogP contribution in [0.3, 0.4) is 0 Å². The summed E-state index contributed by atoms with van der Waals surface area (Å²) in [7, 11) is 0. The molecule has 0 bridgehead atoms. The Hall–Kier alpha value is -2.07. The van der Waals surface area contributed by atoms with Crippen molar-refractivity contribution < 1.29 is 47.1 Å². The molecule has 0 radical (unpaired) electrons. The normalized spacial score (nSPS) is 12.1. The smallest absolute Gasteiger partial charge is 0.387 e. The van der Waals surface area contributed by atoms with Crippen LogP contribution in [0, 0.1) is 0 Å². The molecule has 0 aliphatic heterocycles. The Kier molecular flexibility index (Phi) is 5.20. The summed E-state index contributed by atoms with van der Waals surface area (Å²) in [5, 5.41) is 26.2. The predicted molar refractivity (Wildman–Crippen MR) is 63.4 cm³/mol. The standard InChI is InChI=1S/C12H12F4O6/c1-6(17)7-2-8(18)10(22-5-12(15,16)20)9(3-7)21-4-11(13,14)19/h2-3,18-20H,4-5H2,1H3. The number of rotatable bonds is 7. The Bertz CT molecular complexity index is 550. The number of aliphatic hydroxyl groups is 2. The van der Waals surface area contributed by atoms with Crippen molar-refractivity contribution in [2.45, 2.75) is 19.1 Å². The maximum Gasteiger partial charge on any atom is 0.387 e. The van der Waals surface area contributed by atoms with Crippen LogP contribution in [0.2, 0.25) is 0 Å². The highest BCUT2D eigenvalue weighted by molar-refractivity contribution is 5.95. The van der Waals surface area contributed by atoms with Crippen LogP contribution in [0.4, 0.5) is 17.6 Å². The van der Waals surface area contributed by atoms with Gasteiger partial charge < -0.3 is 24.8 Å². The zero-order valence-corrected chi connectivity index (χ0v) is 11.1. The SMILES string of the molecule is CC(=O)c1cc(O)c(OCC(O)(F)F)c(OCC(O)(F)F)c1. The number of hydrogen-bond donors (Lipinski definition) is 3. The molecule has 10 heteroatoms. The minimum atomic E-state index is -4.25. The number of hydrogen-bond acceptors (Lipinski definition) is 6. The van der Waals surface area contributed by atoms with Crippen molar-refractivity contribution in [2.75, 3.05) is 13.2 Å². The summed E-state index contributed by atoms with van der Waals surface area (Å²) in [6, 6.07) is 1.70. The van der Waals surface area contributed by atoms with E-state index in [9.17, 15) is 27.5 Å². The quantitative estimate of drug-likeness (QED) is 0.519. The van der Waals surface area contributed by atoms with Gasteiger partial charge in [0.2, 0.25) is 5.75 Å². The van der Waals surface area contributed by atoms with E-state index < -0.39 is 48.5 Å². The first kappa shape index (κ1) is 18.0. The van der Waals surface area contributed by atoms with Gasteiger partial charge in [0, 0.05) is 5.56 Å². The van der Waals surface area contributed by atoms with Crippen LogP contribution in [-0.2, 0) is 0 Å². The van der Waals surface area contributed by atoms with E-state index >= 15 is 0 Å². The first-order valence-electron chi connectivity index (χ1n) is 5.73.